The second-order valence-electron chi connectivity index (χ2n) is 4.07. The van der Waals surface area contributed by atoms with Gasteiger partial charge in [-0.3, -0.25) is 4.98 Å². The summed E-state index contributed by atoms with van der Waals surface area (Å²) in [5, 5.41) is 0.852. The van der Waals surface area contributed by atoms with Crippen LogP contribution in [-0.4, -0.2) is 29.9 Å². The minimum absolute atomic E-state index is 0.174. The van der Waals surface area contributed by atoms with Crippen molar-refractivity contribution in [1.82, 2.24) is 9.97 Å². The van der Waals surface area contributed by atoms with Crippen LogP contribution in [0.4, 0.5) is 0 Å². The highest BCUT2D eigenvalue weighted by molar-refractivity contribution is 7.99. The van der Waals surface area contributed by atoms with Crippen LogP contribution in [0.2, 0.25) is 0 Å². The number of aromatic nitrogens is 2. The first-order valence-electron chi connectivity index (χ1n) is 6.11. The number of hydrogen-bond acceptors (Lipinski definition) is 6. The third kappa shape index (κ3) is 3.61. The van der Waals surface area contributed by atoms with Crippen molar-refractivity contribution >= 4 is 11.8 Å². The second-order valence-corrected chi connectivity index (χ2v) is 5.11. The Kier molecular flexibility index (Phi) is 5.20. The number of ether oxygens (including phenoxy) is 2. The molecule has 0 bridgehead atoms. The largest absolute Gasteiger partial charge is 0.497 e. The summed E-state index contributed by atoms with van der Waals surface area (Å²) in [6, 6.07) is 5.44. The van der Waals surface area contributed by atoms with Gasteiger partial charge in [-0.1, -0.05) is 0 Å². The molecule has 0 spiro atoms. The van der Waals surface area contributed by atoms with Crippen molar-refractivity contribution in [2.75, 3.05) is 20.0 Å². The molecule has 0 fully saturated rings. The predicted molar refractivity (Wildman–Crippen MR) is 79.2 cm³/mol. The van der Waals surface area contributed by atoms with E-state index < -0.39 is 0 Å². The Hall–Kier alpha value is -1.79. The Morgan fingerprint density at radius 1 is 1.25 bits per heavy atom. The van der Waals surface area contributed by atoms with E-state index in [2.05, 4.69) is 9.97 Å². The molecule has 106 valence electrons. The van der Waals surface area contributed by atoms with E-state index in [1.165, 1.54) is 0 Å². The SMILES string of the molecule is COc1ccc(OC)c(C(N)CSc2cnccn2)c1. The number of rotatable bonds is 6. The van der Waals surface area contributed by atoms with E-state index in [1.54, 1.807) is 44.6 Å². The smallest absolute Gasteiger partial charge is 0.123 e. The highest BCUT2D eigenvalue weighted by Gasteiger charge is 2.14. The van der Waals surface area contributed by atoms with E-state index in [4.69, 9.17) is 15.2 Å². The second kappa shape index (κ2) is 7.12. The molecule has 1 aromatic heterocycles. The highest BCUT2D eigenvalue weighted by Crippen LogP contribution is 2.31. The summed E-state index contributed by atoms with van der Waals surface area (Å²) in [6.07, 6.45) is 5.04. The maximum atomic E-state index is 6.24. The molecule has 2 rings (SSSR count). The normalized spacial score (nSPS) is 11.9. The molecule has 2 aromatic rings. The summed E-state index contributed by atoms with van der Waals surface area (Å²) in [6.45, 7) is 0. The van der Waals surface area contributed by atoms with E-state index in [0.29, 0.717) is 5.75 Å². The lowest BCUT2D eigenvalue weighted by Crippen LogP contribution is -2.14. The Bertz CT molecular complexity index is 551. The Morgan fingerprint density at radius 3 is 2.75 bits per heavy atom. The summed E-state index contributed by atoms with van der Waals surface area (Å²) in [5.74, 6) is 2.21. The number of nitrogens with zero attached hydrogens (tertiary/aromatic N) is 2. The number of thioether (sulfide) groups is 1. The number of hydrogen-bond donors (Lipinski definition) is 1. The molecule has 2 N–H and O–H groups in total. The fourth-order valence-corrected chi connectivity index (χ4v) is 2.55. The Morgan fingerprint density at radius 2 is 2.10 bits per heavy atom. The highest BCUT2D eigenvalue weighted by atomic mass is 32.2. The zero-order valence-corrected chi connectivity index (χ0v) is 12.3. The van der Waals surface area contributed by atoms with E-state index in [9.17, 15) is 0 Å². The van der Waals surface area contributed by atoms with Gasteiger partial charge >= 0.3 is 0 Å². The van der Waals surface area contributed by atoms with Crippen LogP contribution in [0.25, 0.3) is 0 Å². The molecule has 0 aliphatic rings. The lowest BCUT2D eigenvalue weighted by atomic mass is 10.1. The molecule has 1 atom stereocenters. The first-order valence-corrected chi connectivity index (χ1v) is 7.09. The average molecular weight is 291 g/mol. The molecule has 6 heteroatoms. The van der Waals surface area contributed by atoms with Crippen LogP contribution in [0.1, 0.15) is 11.6 Å². The minimum atomic E-state index is -0.174. The third-order valence-electron chi connectivity index (χ3n) is 2.79. The van der Waals surface area contributed by atoms with Gasteiger partial charge in [0.1, 0.15) is 16.5 Å². The maximum Gasteiger partial charge on any atom is 0.123 e. The van der Waals surface area contributed by atoms with Crippen LogP contribution in [0.5, 0.6) is 11.5 Å². The molecule has 0 aliphatic carbocycles. The summed E-state index contributed by atoms with van der Waals surface area (Å²) >= 11 is 1.56. The predicted octanol–water partition coefficient (Wildman–Crippen LogP) is 2.29. The van der Waals surface area contributed by atoms with E-state index >= 15 is 0 Å². The van der Waals surface area contributed by atoms with Gasteiger partial charge in [-0.15, -0.1) is 11.8 Å². The van der Waals surface area contributed by atoms with Crippen molar-refractivity contribution in [3.8, 4) is 11.5 Å². The monoisotopic (exact) mass is 291 g/mol. The summed E-state index contributed by atoms with van der Waals surface area (Å²) in [7, 11) is 3.26. The van der Waals surface area contributed by atoms with Crippen molar-refractivity contribution < 1.29 is 9.47 Å². The van der Waals surface area contributed by atoms with Crippen LogP contribution >= 0.6 is 11.8 Å². The van der Waals surface area contributed by atoms with Gasteiger partial charge in [-0.2, -0.15) is 0 Å². The van der Waals surface area contributed by atoms with Crippen LogP contribution in [0, 0.1) is 0 Å². The molecule has 0 aliphatic heterocycles. The zero-order chi connectivity index (χ0) is 14.4. The van der Waals surface area contributed by atoms with E-state index in [0.717, 1.165) is 22.1 Å². The molecule has 0 amide bonds. The average Bonchev–Trinajstić information content (AvgIpc) is 2.52. The lowest BCUT2D eigenvalue weighted by Gasteiger charge is -2.16. The van der Waals surface area contributed by atoms with Crippen LogP contribution in [-0.2, 0) is 0 Å². The molecule has 1 heterocycles. The molecular weight excluding hydrogens is 274 g/mol. The van der Waals surface area contributed by atoms with Gasteiger partial charge in [0, 0.05) is 29.8 Å². The number of benzene rings is 1. The maximum absolute atomic E-state index is 6.24. The van der Waals surface area contributed by atoms with Crippen molar-refractivity contribution in [3.63, 3.8) is 0 Å². The molecule has 20 heavy (non-hydrogen) atoms. The molecule has 0 saturated carbocycles. The van der Waals surface area contributed by atoms with Crippen molar-refractivity contribution in [3.05, 3.63) is 42.4 Å². The first kappa shape index (κ1) is 14.6. The Balaban J connectivity index is 2.09. The summed E-state index contributed by atoms with van der Waals surface area (Å²) < 4.78 is 10.6. The fourth-order valence-electron chi connectivity index (χ4n) is 1.75. The zero-order valence-electron chi connectivity index (χ0n) is 11.4. The quantitative estimate of drug-likeness (QED) is 0.823. The number of nitrogens with two attached hydrogens (primary N) is 1. The molecule has 1 unspecified atom stereocenters. The van der Waals surface area contributed by atoms with Gasteiger partial charge in [-0.05, 0) is 18.2 Å². The van der Waals surface area contributed by atoms with E-state index in [1.807, 2.05) is 18.2 Å². The molecule has 0 radical (unpaired) electrons. The van der Waals surface area contributed by atoms with Gasteiger partial charge < -0.3 is 15.2 Å². The number of methoxy groups -OCH3 is 2. The van der Waals surface area contributed by atoms with Gasteiger partial charge in [0.05, 0.1) is 20.4 Å². The van der Waals surface area contributed by atoms with Crippen molar-refractivity contribution in [2.45, 2.75) is 11.1 Å². The molecule has 5 nitrogen and oxygen atoms in total. The van der Waals surface area contributed by atoms with Gasteiger partial charge in [0.25, 0.3) is 0 Å². The van der Waals surface area contributed by atoms with Crippen molar-refractivity contribution in [2.24, 2.45) is 5.73 Å². The van der Waals surface area contributed by atoms with Gasteiger partial charge in [-0.25, -0.2) is 4.98 Å². The molecule has 1 aromatic carbocycles. The van der Waals surface area contributed by atoms with Gasteiger partial charge in [0.2, 0.25) is 0 Å². The van der Waals surface area contributed by atoms with Crippen LogP contribution in [0.15, 0.2) is 41.8 Å². The first-order chi connectivity index (χ1) is 9.74. The lowest BCUT2D eigenvalue weighted by molar-refractivity contribution is 0.396. The molecular formula is C14H17N3O2S. The standard InChI is InChI=1S/C14H17N3O2S/c1-18-10-3-4-13(19-2)11(7-10)12(15)9-20-14-8-16-5-6-17-14/h3-8,12H,9,15H2,1-2H3. The summed E-state index contributed by atoms with van der Waals surface area (Å²) in [4.78, 5) is 8.24. The molecule has 0 saturated heterocycles. The minimum Gasteiger partial charge on any atom is -0.497 e. The van der Waals surface area contributed by atoms with Crippen LogP contribution < -0.4 is 15.2 Å². The summed E-state index contributed by atoms with van der Waals surface area (Å²) in [5.41, 5.74) is 7.16. The van der Waals surface area contributed by atoms with E-state index in [-0.39, 0.29) is 6.04 Å². The van der Waals surface area contributed by atoms with Crippen LogP contribution in [0.3, 0.4) is 0 Å². The fraction of sp³-hybridized carbons (Fsp3) is 0.286. The van der Waals surface area contributed by atoms with Gasteiger partial charge in [0.15, 0.2) is 0 Å². The topological polar surface area (TPSA) is 70.3 Å². The van der Waals surface area contributed by atoms with Crippen molar-refractivity contribution in [1.29, 1.82) is 0 Å². The third-order valence-corrected chi connectivity index (χ3v) is 3.82. The Labute approximate surface area is 122 Å².